The van der Waals surface area contributed by atoms with Crippen LogP contribution in [0.2, 0.25) is 0 Å². The average Bonchev–Trinajstić information content (AvgIpc) is 2.72. The van der Waals surface area contributed by atoms with E-state index in [4.69, 9.17) is 10.5 Å². The number of benzene rings is 1. The van der Waals surface area contributed by atoms with Crippen LogP contribution in [0.4, 0.5) is 5.82 Å². The molecule has 0 saturated heterocycles. The summed E-state index contributed by atoms with van der Waals surface area (Å²) >= 11 is 0. The predicted molar refractivity (Wildman–Crippen MR) is 114 cm³/mol. The Labute approximate surface area is 168 Å². The number of aromatic nitrogens is 1. The Morgan fingerprint density at radius 3 is 2.50 bits per heavy atom. The van der Waals surface area contributed by atoms with Gasteiger partial charge < -0.3 is 10.5 Å². The predicted octanol–water partition coefficient (Wildman–Crippen LogP) is 5.82. The maximum absolute atomic E-state index is 9.64. The molecule has 4 heteroatoms. The molecule has 28 heavy (non-hydrogen) atoms. The first-order valence-electron chi connectivity index (χ1n) is 10.7. The van der Waals surface area contributed by atoms with Crippen molar-refractivity contribution in [3.8, 4) is 22.9 Å². The molecule has 4 nitrogen and oxygen atoms in total. The quantitative estimate of drug-likeness (QED) is 0.559. The molecule has 0 aliphatic heterocycles. The fourth-order valence-electron chi connectivity index (χ4n) is 3.98. The van der Waals surface area contributed by atoms with E-state index in [-0.39, 0.29) is 0 Å². The van der Waals surface area contributed by atoms with E-state index in [1.165, 1.54) is 37.7 Å². The van der Waals surface area contributed by atoms with Crippen molar-refractivity contribution in [3.63, 3.8) is 0 Å². The van der Waals surface area contributed by atoms with Crippen LogP contribution in [0.25, 0.3) is 11.1 Å². The number of nitriles is 1. The summed E-state index contributed by atoms with van der Waals surface area (Å²) in [5.74, 6) is 1.23. The number of aryl methyl sites for hydroxylation is 1. The topological polar surface area (TPSA) is 71.9 Å². The zero-order valence-corrected chi connectivity index (χ0v) is 17.0. The van der Waals surface area contributed by atoms with Gasteiger partial charge in [0.05, 0.1) is 6.61 Å². The van der Waals surface area contributed by atoms with Gasteiger partial charge in [-0.1, -0.05) is 51.2 Å². The lowest BCUT2D eigenvalue weighted by molar-refractivity contribution is 0.304. The van der Waals surface area contributed by atoms with Gasteiger partial charge in [0.25, 0.3) is 0 Å². The number of nitrogen functional groups attached to an aromatic ring is 1. The fourth-order valence-corrected chi connectivity index (χ4v) is 3.98. The lowest BCUT2D eigenvalue weighted by atomic mass is 9.86. The van der Waals surface area contributed by atoms with Gasteiger partial charge in [-0.2, -0.15) is 5.26 Å². The van der Waals surface area contributed by atoms with E-state index >= 15 is 0 Å². The monoisotopic (exact) mass is 377 g/mol. The summed E-state index contributed by atoms with van der Waals surface area (Å²) in [4.78, 5) is 4.50. The number of unbranched alkanes of at least 4 members (excludes halogenated alkanes) is 5. The van der Waals surface area contributed by atoms with Gasteiger partial charge in [0.15, 0.2) is 0 Å². The molecule has 2 N–H and O–H groups in total. The molecule has 148 valence electrons. The number of rotatable bonds is 9. The summed E-state index contributed by atoms with van der Waals surface area (Å²) in [5, 5.41) is 9.64. The minimum absolute atomic E-state index is 0.349. The SMILES string of the molecule is CCCCCCCCOc1ccc(-c2c(C#N)c(N)nc3c2CCCC3)cc1. The second-order valence-electron chi connectivity index (χ2n) is 7.63. The maximum atomic E-state index is 9.64. The van der Waals surface area contributed by atoms with Crippen LogP contribution in [0, 0.1) is 11.3 Å². The van der Waals surface area contributed by atoms with Crippen LogP contribution in [0.3, 0.4) is 0 Å². The standard InChI is InChI=1S/C24H31N3O/c1-2-3-4-5-6-9-16-28-19-14-12-18(13-15-19)23-20-10-7-8-11-22(20)27-24(26)21(23)17-25/h12-15H,2-11,16H2,1H3,(H2,26,27). The second kappa shape index (κ2) is 10.1. The van der Waals surface area contributed by atoms with E-state index in [2.05, 4.69) is 18.0 Å². The molecule has 2 aromatic rings. The normalized spacial score (nSPS) is 13.0. The third-order valence-corrected chi connectivity index (χ3v) is 5.52. The lowest BCUT2D eigenvalue weighted by Gasteiger charge is -2.21. The lowest BCUT2D eigenvalue weighted by Crippen LogP contribution is -2.11. The van der Waals surface area contributed by atoms with Crippen LogP contribution in [-0.4, -0.2) is 11.6 Å². The number of anilines is 1. The summed E-state index contributed by atoms with van der Waals surface area (Å²) in [5.41, 5.74) is 10.8. The first-order chi connectivity index (χ1) is 13.7. The van der Waals surface area contributed by atoms with E-state index in [9.17, 15) is 5.26 Å². The molecule has 1 aliphatic rings. The molecule has 1 aromatic carbocycles. The highest BCUT2D eigenvalue weighted by atomic mass is 16.5. The van der Waals surface area contributed by atoms with Crippen molar-refractivity contribution in [1.82, 2.24) is 4.98 Å². The smallest absolute Gasteiger partial charge is 0.142 e. The van der Waals surface area contributed by atoms with Crippen molar-refractivity contribution in [2.24, 2.45) is 0 Å². The highest BCUT2D eigenvalue weighted by molar-refractivity contribution is 5.79. The molecule has 3 rings (SSSR count). The molecule has 0 spiro atoms. The molecule has 0 amide bonds. The van der Waals surface area contributed by atoms with Crippen molar-refractivity contribution in [2.45, 2.75) is 71.1 Å². The molecule has 0 unspecified atom stereocenters. The van der Waals surface area contributed by atoms with Crippen molar-refractivity contribution in [1.29, 1.82) is 5.26 Å². The van der Waals surface area contributed by atoms with Gasteiger partial charge in [0.2, 0.25) is 0 Å². The third-order valence-electron chi connectivity index (χ3n) is 5.52. The van der Waals surface area contributed by atoms with Crippen LogP contribution < -0.4 is 10.5 Å². The van der Waals surface area contributed by atoms with E-state index in [1.807, 2.05) is 24.3 Å². The summed E-state index contributed by atoms with van der Waals surface area (Å²) in [7, 11) is 0. The Hall–Kier alpha value is -2.54. The number of nitrogens with zero attached hydrogens (tertiary/aromatic N) is 2. The summed E-state index contributed by atoms with van der Waals surface area (Å²) < 4.78 is 5.89. The molecule has 1 aromatic heterocycles. The van der Waals surface area contributed by atoms with Gasteiger partial charge in [0, 0.05) is 11.3 Å². The fraction of sp³-hybridized carbons (Fsp3) is 0.500. The molecular weight excluding hydrogens is 346 g/mol. The second-order valence-corrected chi connectivity index (χ2v) is 7.63. The van der Waals surface area contributed by atoms with E-state index < -0.39 is 0 Å². The molecular formula is C24H31N3O. The van der Waals surface area contributed by atoms with E-state index in [0.717, 1.165) is 61.3 Å². The molecule has 1 aliphatic carbocycles. The molecule has 0 bridgehead atoms. The van der Waals surface area contributed by atoms with E-state index in [1.54, 1.807) is 0 Å². The van der Waals surface area contributed by atoms with Gasteiger partial charge in [0.1, 0.15) is 23.2 Å². The number of ether oxygens (including phenoxy) is 1. The van der Waals surface area contributed by atoms with Gasteiger partial charge in [-0.25, -0.2) is 4.98 Å². The Morgan fingerprint density at radius 1 is 1.04 bits per heavy atom. The van der Waals surface area contributed by atoms with Crippen molar-refractivity contribution < 1.29 is 4.74 Å². The van der Waals surface area contributed by atoms with Crippen LogP contribution >= 0.6 is 0 Å². The average molecular weight is 378 g/mol. The minimum atomic E-state index is 0.349. The van der Waals surface area contributed by atoms with Crippen molar-refractivity contribution in [2.75, 3.05) is 12.3 Å². The van der Waals surface area contributed by atoms with Gasteiger partial charge >= 0.3 is 0 Å². The largest absolute Gasteiger partial charge is 0.494 e. The Bertz CT molecular complexity index is 821. The van der Waals surface area contributed by atoms with Crippen LogP contribution in [0.15, 0.2) is 24.3 Å². The zero-order chi connectivity index (χ0) is 19.8. The first kappa shape index (κ1) is 20.2. The van der Waals surface area contributed by atoms with Crippen molar-refractivity contribution >= 4 is 5.82 Å². The summed E-state index contributed by atoms with van der Waals surface area (Å²) in [6.07, 6.45) is 11.7. The summed E-state index contributed by atoms with van der Waals surface area (Å²) in [6.45, 7) is 3.00. The van der Waals surface area contributed by atoms with E-state index in [0.29, 0.717) is 11.4 Å². The van der Waals surface area contributed by atoms with Crippen LogP contribution in [-0.2, 0) is 12.8 Å². The number of hydrogen-bond donors (Lipinski definition) is 1. The van der Waals surface area contributed by atoms with Gasteiger partial charge in [-0.15, -0.1) is 0 Å². The maximum Gasteiger partial charge on any atom is 0.142 e. The number of hydrogen-bond acceptors (Lipinski definition) is 4. The molecule has 1 heterocycles. The number of nitrogens with two attached hydrogens (primary N) is 1. The number of pyridine rings is 1. The molecule has 0 saturated carbocycles. The van der Waals surface area contributed by atoms with Gasteiger partial charge in [-0.3, -0.25) is 0 Å². The van der Waals surface area contributed by atoms with Crippen molar-refractivity contribution in [3.05, 3.63) is 41.1 Å². The van der Waals surface area contributed by atoms with Crippen LogP contribution in [0.1, 0.15) is 75.1 Å². The highest BCUT2D eigenvalue weighted by Crippen LogP contribution is 2.36. The highest BCUT2D eigenvalue weighted by Gasteiger charge is 2.21. The zero-order valence-electron chi connectivity index (χ0n) is 17.0. The summed E-state index contributed by atoms with van der Waals surface area (Å²) in [6, 6.07) is 10.4. The molecule has 0 atom stereocenters. The molecule has 0 radical (unpaired) electrons. The number of fused-ring (bicyclic) bond motifs is 1. The Kier molecular flexibility index (Phi) is 7.31. The van der Waals surface area contributed by atoms with Crippen LogP contribution in [0.5, 0.6) is 5.75 Å². The van der Waals surface area contributed by atoms with Gasteiger partial charge in [-0.05, 0) is 55.4 Å². The third kappa shape index (κ3) is 4.84. The first-order valence-corrected chi connectivity index (χ1v) is 10.7. The Balaban J connectivity index is 1.69. The Morgan fingerprint density at radius 2 is 1.75 bits per heavy atom. The minimum Gasteiger partial charge on any atom is -0.494 e. The molecule has 0 fully saturated rings.